The Morgan fingerprint density at radius 1 is 0.455 bits per heavy atom. The van der Waals surface area contributed by atoms with Crippen LogP contribution >= 0.6 is 0 Å². The number of nitrogens with zero attached hydrogens (tertiary/aromatic N) is 4. The van der Waals surface area contributed by atoms with Gasteiger partial charge in [-0.25, -0.2) is 19.9 Å². The molecule has 0 amide bonds. The van der Waals surface area contributed by atoms with Crippen LogP contribution in [0.1, 0.15) is 11.1 Å². The highest BCUT2D eigenvalue weighted by Gasteiger charge is 2.14. The Hall–Kier alpha value is -7.18. The van der Waals surface area contributed by atoms with Crippen molar-refractivity contribution < 1.29 is 4.74 Å². The van der Waals surface area contributed by atoms with Gasteiger partial charge in [0.1, 0.15) is 5.75 Å². The molecule has 0 aliphatic carbocycles. The highest BCUT2D eigenvalue weighted by atomic mass is 16.5. The Labute approximate surface area is 321 Å². The molecule has 0 unspecified atom stereocenters. The largest absolute Gasteiger partial charge is 0.497 e. The van der Waals surface area contributed by atoms with E-state index in [9.17, 15) is 0 Å². The molecular formula is C49H39N5O. The van der Waals surface area contributed by atoms with Crippen LogP contribution in [0.2, 0.25) is 0 Å². The van der Waals surface area contributed by atoms with E-state index in [2.05, 4.69) is 96.0 Å². The topological polar surface area (TPSA) is 86.8 Å². The number of ether oxygens (including phenoxy) is 1. The number of rotatable bonds is 8. The van der Waals surface area contributed by atoms with Crippen LogP contribution in [0.25, 0.3) is 66.8 Å². The van der Waals surface area contributed by atoms with Gasteiger partial charge in [-0.2, -0.15) is 0 Å². The molecule has 0 spiro atoms. The van der Waals surface area contributed by atoms with Crippen LogP contribution in [-0.4, -0.2) is 27.0 Å². The Balaban J connectivity index is 0.000000164. The number of nitrogens with two attached hydrogens (primary N) is 1. The molecule has 9 aromatic rings. The van der Waals surface area contributed by atoms with E-state index in [1.54, 1.807) is 13.3 Å². The maximum absolute atomic E-state index is 5.87. The summed E-state index contributed by atoms with van der Waals surface area (Å²) in [6, 6.07) is 57.9. The van der Waals surface area contributed by atoms with Crippen LogP contribution in [0.5, 0.6) is 5.75 Å². The van der Waals surface area contributed by atoms with Crippen molar-refractivity contribution in [3.05, 3.63) is 193 Å². The molecule has 0 saturated carbocycles. The summed E-state index contributed by atoms with van der Waals surface area (Å²) in [5, 5.41) is 2.01. The van der Waals surface area contributed by atoms with Gasteiger partial charge in [0.15, 0.2) is 11.3 Å². The van der Waals surface area contributed by atoms with E-state index >= 15 is 0 Å². The van der Waals surface area contributed by atoms with E-state index in [1.165, 1.54) is 11.1 Å². The van der Waals surface area contributed by atoms with E-state index in [-0.39, 0.29) is 0 Å². The lowest BCUT2D eigenvalue weighted by molar-refractivity contribution is 0.414. The number of methoxy groups -OCH3 is 1. The second-order valence-corrected chi connectivity index (χ2v) is 13.3. The van der Waals surface area contributed by atoms with E-state index in [0.29, 0.717) is 11.3 Å². The fourth-order valence-corrected chi connectivity index (χ4v) is 6.72. The van der Waals surface area contributed by atoms with Crippen molar-refractivity contribution in [3.8, 4) is 50.5 Å². The number of aromatic nitrogens is 4. The lowest BCUT2D eigenvalue weighted by Crippen LogP contribution is -1.96. The number of hydrogen-bond donors (Lipinski definition) is 1. The maximum atomic E-state index is 5.87. The number of hydrogen-bond acceptors (Lipinski definition) is 6. The third kappa shape index (κ3) is 8.09. The molecule has 0 radical (unpaired) electrons. The molecule has 0 fully saturated rings. The number of nitrogen functional groups attached to an aromatic ring is 1. The van der Waals surface area contributed by atoms with Crippen molar-refractivity contribution in [2.45, 2.75) is 12.8 Å². The lowest BCUT2D eigenvalue weighted by Gasteiger charge is -2.12. The summed E-state index contributed by atoms with van der Waals surface area (Å²) in [5.41, 5.74) is 19.0. The highest BCUT2D eigenvalue weighted by Crippen LogP contribution is 2.34. The summed E-state index contributed by atoms with van der Waals surface area (Å²) in [4.78, 5) is 18.8. The minimum absolute atomic E-state index is 0.644. The standard InChI is InChI=1S/C29H24N2O.C20H15N3/c1-32-26-16-14-21(15-17-26)12-13-22-18-25-19-27(23-8-4-2-5-9-23)28(31-29(25)30-20-22)24-10-6-3-7-11-24;21-17-11-16-12-18(14-7-3-1-4-8-14)19(23-20(16)22-13-17)15-9-5-2-6-10-15/h2-11,14-20H,12-13H2,1H3;1-13H,21H2. The molecule has 0 atom stereocenters. The third-order valence-corrected chi connectivity index (χ3v) is 9.54. The fourth-order valence-electron chi connectivity index (χ4n) is 6.72. The summed E-state index contributed by atoms with van der Waals surface area (Å²) in [6.45, 7) is 0. The first-order valence-electron chi connectivity index (χ1n) is 18.3. The van der Waals surface area contributed by atoms with Crippen LogP contribution in [0.4, 0.5) is 5.69 Å². The number of fused-ring (bicyclic) bond motifs is 2. The zero-order chi connectivity index (χ0) is 37.4. The molecule has 0 bridgehead atoms. The van der Waals surface area contributed by atoms with Crippen molar-refractivity contribution in [2.24, 2.45) is 0 Å². The second-order valence-electron chi connectivity index (χ2n) is 13.3. The van der Waals surface area contributed by atoms with Crippen molar-refractivity contribution in [2.75, 3.05) is 12.8 Å². The minimum atomic E-state index is 0.644. The molecule has 2 N–H and O–H groups in total. The van der Waals surface area contributed by atoms with Crippen molar-refractivity contribution in [3.63, 3.8) is 0 Å². The Morgan fingerprint density at radius 2 is 0.891 bits per heavy atom. The monoisotopic (exact) mass is 713 g/mol. The number of benzene rings is 5. The molecule has 9 rings (SSSR count). The molecule has 0 aliphatic rings. The van der Waals surface area contributed by atoms with Gasteiger partial charge in [-0.05, 0) is 71.5 Å². The third-order valence-electron chi connectivity index (χ3n) is 9.54. The van der Waals surface area contributed by atoms with Gasteiger partial charge in [0.25, 0.3) is 0 Å². The summed E-state index contributed by atoms with van der Waals surface area (Å²) in [5.74, 6) is 0.884. The second kappa shape index (κ2) is 16.2. The average Bonchev–Trinajstić information content (AvgIpc) is 3.26. The van der Waals surface area contributed by atoms with Gasteiger partial charge in [0, 0.05) is 39.2 Å². The predicted octanol–water partition coefficient (Wildman–Crippen LogP) is 11.3. The first-order valence-corrected chi connectivity index (χ1v) is 18.3. The van der Waals surface area contributed by atoms with Crippen LogP contribution in [0.3, 0.4) is 0 Å². The van der Waals surface area contributed by atoms with Crippen LogP contribution in [-0.2, 0) is 12.8 Å². The van der Waals surface area contributed by atoms with Crippen LogP contribution in [0, 0.1) is 0 Å². The first kappa shape index (κ1) is 34.9. The molecule has 5 aromatic carbocycles. The summed E-state index contributed by atoms with van der Waals surface area (Å²) in [7, 11) is 1.69. The van der Waals surface area contributed by atoms with Crippen molar-refractivity contribution in [1.82, 2.24) is 19.9 Å². The molecule has 6 heteroatoms. The van der Waals surface area contributed by atoms with E-state index in [4.69, 9.17) is 25.4 Å². The average molecular weight is 714 g/mol. The van der Waals surface area contributed by atoms with Gasteiger partial charge < -0.3 is 10.5 Å². The molecule has 4 heterocycles. The van der Waals surface area contributed by atoms with Gasteiger partial charge in [-0.15, -0.1) is 0 Å². The van der Waals surface area contributed by atoms with E-state index in [1.807, 2.05) is 85.1 Å². The summed E-state index contributed by atoms with van der Waals surface area (Å²) >= 11 is 0. The zero-order valence-electron chi connectivity index (χ0n) is 30.5. The number of aryl methyl sites for hydroxylation is 2. The highest BCUT2D eigenvalue weighted by molar-refractivity contribution is 5.92. The Bertz CT molecular complexity index is 2670. The van der Waals surface area contributed by atoms with Gasteiger partial charge in [-0.3, -0.25) is 0 Å². The molecule has 266 valence electrons. The van der Waals surface area contributed by atoms with Crippen molar-refractivity contribution in [1.29, 1.82) is 0 Å². The zero-order valence-corrected chi connectivity index (χ0v) is 30.5. The minimum Gasteiger partial charge on any atom is -0.497 e. The van der Waals surface area contributed by atoms with Crippen molar-refractivity contribution >= 4 is 27.8 Å². The smallest absolute Gasteiger partial charge is 0.159 e. The quantitative estimate of drug-likeness (QED) is 0.169. The van der Waals surface area contributed by atoms with E-state index in [0.717, 1.165) is 79.8 Å². The molecule has 55 heavy (non-hydrogen) atoms. The Morgan fingerprint density at radius 3 is 1.38 bits per heavy atom. The lowest BCUT2D eigenvalue weighted by atomic mass is 9.97. The fraction of sp³-hybridized carbons (Fsp3) is 0.0612. The Kier molecular flexibility index (Phi) is 10.3. The molecule has 6 nitrogen and oxygen atoms in total. The number of pyridine rings is 4. The van der Waals surface area contributed by atoms with Gasteiger partial charge >= 0.3 is 0 Å². The van der Waals surface area contributed by atoms with Crippen LogP contribution < -0.4 is 10.5 Å². The molecule has 4 aromatic heterocycles. The molecule has 0 saturated heterocycles. The molecule has 0 aliphatic heterocycles. The SMILES string of the molecule is COc1ccc(CCc2cnc3nc(-c4ccccc4)c(-c4ccccc4)cc3c2)cc1.Nc1cnc2nc(-c3ccccc3)c(-c3ccccc3)cc2c1. The van der Waals surface area contributed by atoms with Crippen LogP contribution in [0.15, 0.2) is 182 Å². The predicted molar refractivity (Wildman–Crippen MR) is 226 cm³/mol. The molecular weight excluding hydrogens is 675 g/mol. The van der Waals surface area contributed by atoms with Gasteiger partial charge in [0.05, 0.1) is 30.4 Å². The van der Waals surface area contributed by atoms with Gasteiger partial charge in [0.2, 0.25) is 0 Å². The van der Waals surface area contributed by atoms with E-state index < -0.39 is 0 Å². The normalized spacial score (nSPS) is 10.9. The summed E-state index contributed by atoms with van der Waals surface area (Å²) < 4.78 is 5.25. The van der Waals surface area contributed by atoms with Gasteiger partial charge in [-0.1, -0.05) is 133 Å². The summed E-state index contributed by atoms with van der Waals surface area (Å²) in [6.07, 6.45) is 5.48. The maximum Gasteiger partial charge on any atom is 0.159 e. The first-order chi connectivity index (χ1) is 27.1. The number of anilines is 1.